The first-order chi connectivity index (χ1) is 9.22. The summed E-state index contributed by atoms with van der Waals surface area (Å²) in [5.41, 5.74) is 0.923. The average molecular weight is 261 g/mol. The van der Waals surface area contributed by atoms with Gasteiger partial charge in [0.1, 0.15) is 5.54 Å². The van der Waals surface area contributed by atoms with Gasteiger partial charge in [-0.05, 0) is 43.7 Å². The molecule has 2 rings (SSSR count). The second-order valence-electron chi connectivity index (χ2n) is 5.29. The summed E-state index contributed by atoms with van der Waals surface area (Å²) in [6, 6.07) is 10.6. The van der Waals surface area contributed by atoms with Crippen LogP contribution in [0.5, 0.6) is 0 Å². The van der Waals surface area contributed by atoms with Crippen molar-refractivity contribution in [2.45, 2.75) is 44.1 Å². The summed E-state index contributed by atoms with van der Waals surface area (Å²) < 4.78 is 4.99. The molecule has 0 bridgehead atoms. The van der Waals surface area contributed by atoms with Gasteiger partial charge in [0, 0.05) is 0 Å². The summed E-state index contributed by atoms with van der Waals surface area (Å²) in [7, 11) is 1.48. The Morgan fingerprint density at radius 2 is 1.95 bits per heavy atom. The molecule has 0 radical (unpaired) electrons. The standard InChI is InChI=1S/C16H23NO2/c1-3-17-16(15(18)19-2)11-9-14(10-12-16)13-7-5-4-6-8-13/h4-8,14,17H,3,9-12H2,1-2H3. The van der Waals surface area contributed by atoms with Crippen molar-refractivity contribution in [3.05, 3.63) is 35.9 Å². The van der Waals surface area contributed by atoms with Crippen LogP contribution in [-0.2, 0) is 9.53 Å². The fraction of sp³-hybridized carbons (Fsp3) is 0.562. The van der Waals surface area contributed by atoms with Gasteiger partial charge in [0.15, 0.2) is 0 Å². The predicted molar refractivity (Wildman–Crippen MR) is 76.1 cm³/mol. The van der Waals surface area contributed by atoms with Gasteiger partial charge in [-0.25, -0.2) is 0 Å². The van der Waals surface area contributed by atoms with Gasteiger partial charge in [0.25, 0.3) is 0 Å². The van der Waals surface area contributed by atoms with Crippen LogP contribution >= 0.6 is 0 Å². The number of nitrogens with one attached hydrogen (secondary N) is 1. The topological polar surface area (TPSA) is 38.3 Å². The summed E-state index contributed by atoms with van der Waals surface area (Å²) in [5.74, 6) is 0.457. The van der Waals surface area contributed by atoms with Crippen LogP contribution in [0.1, 0.15) is 44.1 Å². The Labute approximate surface area is 115 Å². The molecule has 0 saturated heterocycles. The number of carbonyl (C=O) groups is 1. The fourth-order valence-electron chi connectivity index (χ4n) is 3.16. The minimum atomic E-state index is -0.464. The van der Waals surface area contributed by atoms with Gasteiger partial charge < -0.3 is 10.1 Å². The highest BCUT2D eigenvalue weighted by Crippen LogP contribution is 2.38. The predicted octanol–water partition coefficient (Wildman–Crippen LogP) is 2.87. The molecule has 3 nitrogen and oxygen atoms in total. The Morgan fingerprint density at radius 1 is 1.32 bits per heavy atom. The minimum absolute atomic E-state index is 0.110. The van der Waals surface area contributed by atoms with Crippen LogP contribution in [0.3, 0.4) is 0 Å². The molecule has 0 aliphatic heterocycles. The van der Waals surface area contributed by atoms with Gasteiger partial charge in [0.05, 0.1) is 7.11 Å². The third kappa shape index (κ3) is 2.98. The highest BCUT2D eigenvalue weighted by atomic mass is 16.5. The van der Waals surface area contributed by atoms with E-state index >= 15 is 0 Å². The van der Waals surface area contributed by atoms with Crippen molar-refractivity contribution < 1.29 is 9.53 Å². The summed E-state index contributed by atoms with van der Waals surface area (Å²) in [6.45, 7) is 2.83. The molecule has 1 aliphatic rings. The number of likely N-dealkylation sites (N-methyl/N-ethyl adjacent to an activating group) is 1. The van der Waals surface area contributed by atoms with Crippen LogP contribution in [0, 0.1) is 0 Å². The molecule has 1 saturated carbocycles. The van der Waals surface area contributed by atoms with E-state index in [9.17, 15) is 4.79 Å². The Morgan fingerprint density at radius 3 is 2.47 bits per heavy atom. The van der Waals surface area contributed by atoms with Crippen LogP contribution in [0.15, 0.2) is 30.3 Å². The van der Waals surface area contributed by atoms with E-state index in [4.69, 9.17) is 4.74 Å². The van der Waals surface area contributed by atoms with Gasteiger partial charge in [-0.15, -0.1) is 0 Å². The molecule has 1 aromatic rings. The SMILES string of the molecule is CCNC1(C(=O)OC)CCC(c2ccccc2)CC1. The van der Waals surface area contributed by atoms with E-state index < -0.39 is 5.54 Å². The summed E-state index contributed by atoms with van der Waals surface area (Å²) >= 11 is 0. The smallest absolute Gasteiger partial charge is 0.326 e. The maximum Gasteiger partial charge on any atom is 0.326 e. The molecule has 0 aromatic heterocycles. The van der Waals surface area contributed by atoms with E-state index in [-0.39, 0.29) is 5.97 Å². The van der Waals surface area contributed by atoms with Crippen LogP contribution < -0.4 is 5.32 Å². The third-order valence-electron chi connectivity index (χ3n) is 4.20. The summed E-state index contributed by atoms with van der Waals surface area (Å²) in [4.78, 5) is 12.0. The fourth-order valence-corrected chi connectivity index (χ4v) is 3.16. The van der Waals surface area contributed by atoms with Crippen molar-refractivity contribution in [3.8, 4) is 0 Å². The molecule has 1 aliphatic carbocycles. The largest absolute Gasteiger partial charge is 0.468 e. The monoisotopic (exact) mass is 261 g/mol. The van der Waals surface area contributed by atoms with E-state index in [1.165, 1.54) is 12.7 Å². The molecule has 1 N–H and O–H groups in total. The Kier molecular flexibility index (Phi) is 4.59. The molecule has 0 amide bonds. The Balaban J connectivity index is 2.06. The first-order valence-electron chi connectivity index (χ1n) is 7.10. The molecule has 104 valence electrons. The van der Waals surface area contributed by atoms with E-state index in [1.807, 2.05) is 13.0 Å². The number of esters is 1. The number of ether oxygens (including phenoxy) is 1. The zero-order valence-corrected chi connectivity index (χ0v) is 11.8. The van der Waals surface area contributed by atoms with E-state index in [0.717, 1.165) is 32.2 Å². The van der Waals surface area contributed by atoms with Gasteiger partial charge in [0.2, 0.25) is 0 Å². The van der Waals surface area contributed by atoms with Crippen LogP contribution in [0.25, 0.3) is 0 Å². The second-order valence-corrected chi connectivity index (χ2v) is 5.29. The van der Waals surface area contributed by atoms with Gasteiger partial charge in [-0.3, -0.25) is 4.79 Å². The molecule has 1 fully saturated rings. The van der Waals surface area contributed by atoms with Gasteiger partial charge >= 0.3 is 5.97 Å². The number of carbonyl (C=O) groups excluding carboxylic acids is 1. The van der Waals surface area contributed by atoms with Crippen LogP contribution in [0.4, 0.5) is 0 Å². The van der Waals surface area contributed by atoms with Crippen molar-refractivity contribution in [1.82, 2.24) is 5.32 Å². The lowest BCUT2D eigenvalue weighted by Crippen LogP contribution is -2.54. The number of benzene rings is 1. The molecule has 0 atom stereocenters. The third-order valence-corrected chi connectivity index (χ3v) is 4.20. The van der Waals surface area contributed by atoms with Crippen molar-refractivity contribution in [1.29, 1.82) is 0 Å². The van der Waals surface area contributed by atoms with Gasteiger partial charge in [-0.2, -0.15) is 0 Å². The number of hydrogen-bond donors (Lipinski definition) is 1. The van der Waals surface area contributed by atoms with Crippen LogP contribution in [-0.4, -0.2) is 25.2 Å². The zero-order chi connectivity index (χ0) is 13.7. The maximum atomic E-state index is 12.0. The van der Waals surface area contributed by atoms with Crippen molar-refractivity contribution >= 4 is 5.97 Å². The average Bonchev–Trinajstić information content (AvgIpc) is 2.48. The maximum absolute atomic E-state index is 12.0. The van der Waals surface area contributed by atoms with E-state index in [2.05, 4.69) is 29.6 Å². The van der Waals surface area contributed by atoms with Crippen molar-refractivity contribution in [2.24, 2.45) is 0 Å². The first-order valence-corrected chi connectivity index (χ1v) is 7.10. The number of hydrogen-bond acceptors (Lipinski definition) is 3. The van der Waals surface area contributed by atoms with E-state index in [0.29, 0.717) is 5.92 Å². The molecule has 0 unspecified atom stereocenters. The van der Waals surface area contributed by atoms with Crippen LogP contribution in [0.2, 0.25) is 0 Å². The molecule has 0 spiro atoms. The van der Waals surface area contributed by atoms with E-state index in [1.54, 1.807) is 0 Å². The number of methoxy groups -OCH3 is 1. The molecule has 0 heterocycles. The highest BCUT2D eigenvalue weighted by molar-refractivity contribution is 5.81. The molecule has 1 aromatic carbocycles. The zero-order valence-electron chi connectivity index (χ0n) is 11.8. The van der Waals surface area contributed by atoms with Crippen molar-refractivity contribution in [2.75, 3.05) is 13.7 Å². The lowest BCUT2D eigenvalue weighted by molar-refractivity contribution is -0.150. The lowest BCUT2D eigenvalue weighted by Gasteiger charge is -2.38. The molecule has 19 heavy (non-hydrogen) atoms. The normalized spacial score (nSPS) is 26.9. The van der Waals surface area contributed by atoms with Crippen molar-refractivity contribution in [3.63, 3.8) is 0 Å². The molecular formula is C16H23NO2. The minimum Gasteiger partial charge on any atom is -0.468 e. The Hall–Kier alpha value is -1.35. The molecule has 3 heteroatoms. The Bertz CT molecular complexity index is 408. The summed E-state index contributed by atoms with van der Waals surface area (Å²) in [5, 5.41) is 3.35. The number of rotatable bonds is 4. The lowest BCUT2D eigenvalue weighted by atomic mass is 9.74. The highest BCUT2D eigenvalue weighted by Gasteiger charge is 2.42. The second kappa shape index (κ2) is 6.20. The first kappa shape index (κ1) is 14.1. The summed E-state index contributed by atoms with van der Waals surface area (Å²) in [6.07, 6.45) is 3.78. The molecular weight excluding hydrogens is 238 g/mol. The quantitative estimate of drug-likeness (QED) is 0.847. The van der Waals surface area contributed by atoms with Gasteiger partial charge in [-0.1, -0.05) is 37.3 Å².